The van der Waals surface area contributed by atoms with Gasteiger partial charge in [0.15, 0.2) is 5.13 Å². The summed E-state index contributed by atoms with van der Waals surface area (Å²) in [5.74, 6) is -0.764. The fraction of sp³-hybridized carbons (Fsp3) is 0.333. The molecule has 152 valence electrons. The molecule has 2 N–H and O–H groups in total. The average molecular weight is 450 g/mol. The number of carbonyl (C=O) groups is 2. The van der Waals surface area contributed by atoms with Crippen molar-refractivity contribution >= 4 is 51.0 Å². The topological polar surface area (TPSA) is 96.5 Å². The molecular formula is C18H19N5O3S3. The van der Waals surface area contributed by atoms with Gasteiger partial charge in [0.2, 0.25) is 0 Å². The highest BCUT2D eigenvalue weighted by Crippen LogP contribution is 2.31. The van der Waals surface area contributed by atoms with Gasteiger partial charge in [-0.2, -0.15) is 0 Å². The fourth-order valence-electron chi connectivity index (χ4n) is 2.82. The van der Waals surface area contributed by atoms with Crippen LogP contribution in [0.4, 0.5) is 5.13 Å². The number of hydrogen-bond acceptors (Lipinski definition) is 9. The molecule has 0 radical (unpaired) electrons. The van der Waals surface area contributed by atoms with E-state index in [4.69, 9.17) is 4.74 Å². The standard InChI is InChI=1S/C18H19N5O3S3/c1-10-13(28-17(19-10)12-4-3-9-27-12)15(24)21-22-16(25)14-11(2)20-18(29-14)23-5-7-26-8-6-23/h3-4,9H,5-8H2,1-2H3,(H,21,24)(H,22,25). The van der Waals surface area contributed by atoms with Gasteiger partial charge in [0.05, 0.1) is 29.5 Å². The first-order valence-electron chi connectivity index (χ1n) is 8.95. The van der Waals surface area contributed by atoms with Crippen molar-refractivity contribution in [2.24, 2.45) is 0 Å². The summed E-state index contributed by atoms with van der Waals surface area (Å²) in [5, 5.41) is 3.55. The molecule has 0 aromatic carbocycles. The van der Waals surface area contributed by atoms with E-state index >= 15 is 0 Å². The van der Waals surface area contributed by atoms with Crippen LogP contribution < -0.4 is 15.8 Å². The minimum absolute atomic E-state index is 0.381. The summed E-state index contributed by atoms with van der Waals surface area (Å²) in [6.45, 7) is 6.38. The summed E-state index contributed by atoms with van der Waals surface area (Å²) >= 11 is 4.19. The van der Waals surface area contributed by atoms with Gasteiger partial charge in [-0.25, -0.2) is 9.97 Å². The van der Waals surface area contributed by atoms with E-state index in [1.54, 1.807) is 25.2 Å². The van der Waals surface area contributed by atoms with Crippen LogP contribution in [0.25, 0.3) is 9.88 Å². The highest BCUT2D eigenvalue weighted by Gasteiger charge is 2.22. The summed E-state index contributed by atoms with van der Waals surface area (Å²) in [4.78, 5) is 38.1. The largest absolute Gasteiger partial charge is 0.378 e. The summed E-state index contributed by atoms with van der Waals surface area (Å²) in [5.41, 5.74) is 6.26. The average Bonchev–Trinajstić information content (AvgIpc) is 3.46. The number of nitrogens with zero attached hydrogens (tertiary/aromatic N) is 3. The van der Waals surface area contributed by atoms with E-state index in [1.165, 1.54) is 22.7 Å². The molecule has 11 heteroatoms. The van der Waals surface area contributed by atoms with Gasteiger partial charge in [-0.3, -0.25) is 20.4 Å². The SMILES string of the molecule is Cc1nc(-c2cccs2)sc1C(=O)NNC(=O)c1sc(N2CCOCC2)nc1C. The van der Waals surface area contributed by atoms with Gasteiger partial charge in [-0.05, 0) is 25.3 Å². The molecule has 0 unspecified atom stereocenters. The quantitative estimate of drug-likeness (QED) is 0.595. The molecule has 0 saturated carbocycles. The minimum atomic E-state index is -0.383. The zero-order valence-electron chi connectivity index (χ0n) is 15.9. The molecule has 0 bridgehead atoms. The van der Waals surface area contributed by atoms with Gasteiger partial charge in [0.1, 0.15) is 14.8 Å². The number of morpholine rings is 1. The number of hydrogen-bond donors (Lipinski definition) is 2. The van der Waals surface area contributed by atoms with Gasteiger partial charge < -0.3 is 9.64 Å². The number of thiazole rings is 2. The van der Waals surface area contributed by atoms with Gasteiger partial charge >= 0.3 is 0 Å². The molecule has 8 nitrogen and oxygen atoms in total. The fourth-order valence-corrected chi connectivity index (χ4v) is 5.59. The van der Waals surface area contributed by atoms with E-state index in [0.29, 0.717) is 34.4 Å². The number of ether oxygens (including phenoxy) is 1. The lowest BCUT2D eigenvalue weighted by Crippen LogP contribution is -2.41. The normalized spacial score (nSPS) is 14.1. The maximum atomic E-state index is 12.6. The van der Waals surface area contributed by atoms with Crippen LogP contribution in [0.1, 0.15) is 30.7 Å². The number of aryl methyl sites for hydroxylation is 2. The van der Waals surface area contributed by atoms with Crippen LogP contribution in [0.15, 0.2) is 17.5 Å². The predicted molar refractivity (Wildman–Crippen MR) is 115 cm³/mol. The molecule has 0 aliphatic carbocycles. The Labute approximate surface area is 179 Å². The van der Waals surface area contributed by atoms with Gasteiger partial charge in [-0.1, -0.05) is 17.4 Å². The van der Waals surface area contributed by atoms with Crippen LogP contribution in [0.2, 0.25) is 0 Å². The molecular weight excluding hydrogens is 430 g/mol. The Hall–Kier alpha value is -2.34. The zero-order chi connectivity index (χ0) is 20.4. The maximum Gasteiger partial charge on any atom is 0.281 e. The number of anilines is 1. The van der Waals surface area contributed by atoms with E-state index in [1.807, 2.05) is 17.5 Å². The molecule has 29 heavy (non-hydrogen) atoms. The van der Waals surface area contributed by atoms with Crippen LogP contribution in [0, 0.1) is 13.8 Å². The minimum Gasteiger partial charge on any atom is -0.378 e. The van der Waals surface area contributed by atoms with Crippen molar-refractivity contribution in [1.82, 2.24) is 20.8 Å². The van der Waals surface area contributed by atoms with Gasteiger partial charge in [0.25, 0.3) is 11.8 Å². The third-order valence-corrected chi connectivity index (χ3v) is 7.71. The Balaban J connectivity index is 1.41. The zero-order valence-corrected chi connectivity index (χ0v) is 18.3. The molecule has 1 fully saturated rings. The number of rotatable bonds is 4. The molecule has 2 amide bonds. The van der Waals surface area contributed by atoms with Gasteiger partial charge in [0, 0.05) is 13.1 Å². The van der Waals surface area contributed by atoms with Crippen LogP contribution in [-0.2, 0) is 4.74 Å². The maximum absolute atomic E-state index is 12.6. The van der Waals surface area contributed by atoms with Crippen molar-refractivity contribution in [3.05, 3.63) is 38.7 Å². The monoisotopic (exact) mass is 449 g/mol. The molecule has 0 atom stereocenters. The molecule has 1 saturated heterocycles. The van der Waals surface area contributed by atoms with Crippen molar-refractivity contribution in [3.8, 4) is 9.88 Å². The Morgan fingerprint density at radius 1 is 1.03 bits per heavy atom. The van der Waals surface area contributed by atoms with Gasteiger partial charge in [-0.15, -0.1) is 22.7 Å². The van der Waals surface area contributed by atoms with E-state index in [2.05, 4.69) is 25.7 Å². The number of nitrogens with one attached hydrogen (secondary N) is 2. The molecule has 3 aromatic heterocycles. The second kappa shape index (κ2) is 8.57. The molecule has 3 aromatic rings. The second-order valence-electron chi connectivity index (χ2n) is 6.33. The highest BCUT2D eigenvalue weighted by atomic mass is 32.1. The van der Waals surface area contributed by atoms with Crippen molar-refractivity contribution in [1.29, 1.82) is 0 Å². The molecule has 1 aliphatic rings. The van der Waals surface area contributed by atoms with Crippen molar-refractivity contribution in [2.45, 2.75) is 13.8 Å². The van der Waals surface area contributed by atoms with Crippen molar-refractivity contribution in [2.75, 3.05) is 31.2 Å². The lowest BCUT2D eigenvalue weighted by molar-refractivity contribution is 0.0850. The Kier molecular flexibility index (Phi) is 5.90. The smallest absolute Gasteiger partial charge is 0.281 e. The summed E-state index contributed by atoms with van der Waals surface area (Å²) in [6.07, 6.45) is 0. The summed E-state index contributed by atoms with van der Waals surface area (Å²) in [6, 6.07) is 3.91. The highest BCUT2D eigenvalue weighted by molar-refractivity contribution is 7.22. The lowest BCUT2D eigenvalue weighted by atomic mass is 10.4. The van der Waals surface area contributed by atoms with E-state index in [-0.39, 0.29) is 11.8 Å². The van der Waals surface area contributed by atoms with Crippen LogP contribution in [-0.4, -0.2) is 48.1 Å². The van der Waals surface area contributed by atoms with Crippen LogP contribution in [0.5, 0.6) is 0 Å². The Morgan fingerprint density at radius 3 is 2.34 bits per heavy atom. The Bertz CT molecular complexity index is 1020. The molecule has 4 rings (SSSR count). The lowest BCUT2D eigenvalue weighted by Gasteiger charge is -2.25. The number of hydrazine groups is 1. The number of amides is 2. The number of carbonyl (C=O) groups excluding carboxylic acids is 2. The van der Waals surface area contributed by atoms with Crippen molar-refractivity contribution in [3.63, 3.8) is 0 Å². The first-order valence-corrected chi connectivity index (χ1v) is 11.5. The summed E-state index contributed by atoms with van der Waals surface area (Å²) in [7, 11) is 0. The predicted octanol–water partition coefficient (Wildman–Crippen LogP) is 2.86. The number of aromatic nitrogens is 2. The molecule has 4 heterocycles. The second-order valence-corrected chi connectivity index (χ2v) is 9.25. The van der Waals surface area contributed by atoms with E-state index in [9.17, 15) is 9.59 Å². The number of thiophene rings is 1. The van der Waals surface area contributed by atoms with E-state index < -0.39 is 0 Å². The van der Waals surface area contributed by atoms with Crippen LogP contribution in [0.3, 0.4) is 0 Å². The third kappa shape index (κ3) is 4.32. The molecule has 0 spiro atoms. The Morgan fingerprint density at radius 2 is 1.69 bits per heavy atom. The molecule has 1 aliphatic heterocycles. The first-order chi connectivity index (χ1) is 14.0. The first kappa shape index (κ1) is 20.0. The van der Waals surface area contributed by atoms with E-state index in [0.717, 1.165) is 28.1 Å². The van der Waals surface area contributed by atoms with Crippen LogP contribution >= 0.6 is 34.0 Å². The van der Waals surface area contributed by atoms with Crippen molar-refractivity contribution < 1.29 is 14.3 Å². The third-order valence-electron chi connectivity index (χ3n) is 4.30. The summed E-state index contributed by atoms with van der Waals surface area (Å²) < 4.78 is 5.35.